The van der Waals surface area contributed by atoms with E-state index in [-0.39, 0.29) is 0 Å². The van der Waals surface area contributed by atoms with Crippen LogP contribution in [0.3, 0.4) is 0 Å². The Kier molecular flexibility index (Phi) is 6.55. The van der Waals surface area contributed by atoms with Gasteiger partial charge in [0.2, 0.25) is 0 Å². The van der Waals surface area contributed by atoms with E-state index >= 15 is 0 Å². The summed E-state index contributed by atoms with van der Waals surface area (Å²) in [5.74, 6) is 1.67. The fraction of sp³-hybridized carbons (Fsp3) is 0.571. The van der Waals surface area contributed by atoms with Crippen LogP contribution in [-0.4, -0.2) is 6.61 Å². The molecule has 0 spiro atoms. The Labute approximate surface area is 107 Å². The highest BCUT2D eigenvalue weighted by molar-refractivity contribution is 9.10. The number of unbranched alkanes of at least 4 members (excludes halogenated alkanes) is 1. The van der Waals surface area contributed by atoms with E-state index in [0.717, 1.165) is 16.8 Å². The van der Waals surface area contributed by atoms with Crippen molar-refractivity contribution in [3.05, 3.63) is 28.7 Å². The molecular weight excluding hydrogens is 264 g/mol. The first kappa shape index (κ1) is 13.6. The zero-order valence-electron chi connectivity index (χ0n) is 10.2. The monoisotopic (exact) mass is 284 g/mol. The smallest absolute Gasteiger partial charge is 0.119 e. The van der Waals surface area contributed by atoms with Crippen molar-refractivity contribution in [3.63, 3.8) is 0 Å². The molecule has 0 heterocycles. The molecule has 1 unspecified atom stereocenters. The Morgan fingerprint density at radius 1 is 1.19 bits per heavy atom. The van der Waals surface area contributed by atoms with Crippen molar-refractivity contribution in [2.45, 2.75) is 39.5 Å². The Morgan fingerprint density at radius 2 is 1.88 bits per heavy atom. The highest BCUT2D eigenvalue weighted by Crippen LogP contribution is 2.19. The Balaban J connectivity index is 2.34. The third-order valence-corrected chi connectivity index (χ3v) is 3.37. The summed E-state index contributed by atoms with van der Waals surface area (Å²) in [5, 5.41) is 0. The SMILES string of the molecule is CCCCC(CC)COc1ccc(Br)cc1. The maximum Gasteiger partial charge on any atom is 0.119 e. The predicted molar refractivity (Wildman–Crippen MR) is 72.9 cm³/mol. The van der Waals surface area contributed by atoms with Crippen LogP contribution in [0, 0.1) is 5.92 Å². The van der Waals surface area contributed by atoms with E-state index in [1.54, 1.807) is 0 Å². The van der Waals surface area contributed by atoms with Crippen LogP contribution in [0.1, 0.15) is 39.5 Å². The summed E-state index contributed by atoms with van der Waals surface area (Å²) in [7, 11) is 0. The molecule has 0 aliphatic carbocycles. The van der Waals surface area contributed by atoms with Gasteiger partial charge < -0.3 is 4.74 Å². The average Bonchev–Trinajstić information content (AvgIpc) is 2.32. The molecule has 90 valence electrons. The lowest BCUT2D eigenvalue weighted by Gasteiger charge is -2.15. The van der Waals surface area contributed by atoms with Crippen LogP contribution < -0.4 is 4.74 Å². The van der Waals surface area contributed by atoms with Gasteiger partial charge in [-0.25, -0.2) is 0 Å². The second-order valence-corrected chi connectivity index (χ2v) is 5.10. The molecule has 1 aromatic carbocycles. The van der Waals surface area contributed by atoms with Crippen LogP contribution in [0.2, 0.25) is 0 Å². The van der Waals surface area contributed by atoms with E-state index in [1.165, 1.54) is 25.7 Å². The lowest BCUT2D eigenvalue weighted by molar-refractivity contribution is 0.233. The van der Waals surface area contributed by atoms with E-state index < -0.39 is 0 Å². The van der Waals surface area contributed by atoms with E-state index in [1.807, 2.05) is 24.3 Å². The van der Waals surface area contributed by atoms with Gasteiger partial charge in [0, 0.05) is 4.47 Å². The van der Waals surface area contributed by atoms with Crippen molar-refractivity contribution in [3.8, 4) is 5.75 Å². The standard InChI is InChI=1S/C14H21BrO/c1-3-5-6-12(4-2)11-16-14-9-7-13(15)8-10-14/h7-10,12H,3-6,11H2,1-2H3. The third-order valence-electron chi connectivity index (χ3n) is 2.84. The molecule has 2 heteroatoms. The second kappa shape index (κ2) is 7.72. The first-order chi connectivity index (χ1) is 7.76. The molecule has 0 aromatic heterocycles. The van der Waals surface area contributed by atoms with Crippen molar-refractivity contribution >= 4 is 15.9 Å². The Morgan fingerprint density at radius 3 is 2.44 bits per heavy atom. The summed E-state index contributed by atoms with van der Waals surface area (Å²) in [6.45, 7) is 5.33. The van der Waals surface area contributed by atoms with Gasteiger partial charge in [-0.1, -0.05) is 49.0 Å². The molecule has 1 rings (SSSR count). The molecule has 1 atom stereocenters. The van der Waals surface area contributed by atoms with Gasteiger partial charge in [-0.3, -0.25) is 0 Å². The van der Waals surface area contributed by atoms with Gasteiger partial charge in [0.1, 0.15) is 5.75 Å². The number of hydrogen-bond acceptors (Lipinski definition) is 1. The van der Waals surface area contributed by atoms with E-state index in [0.29, 0.717) is 5.92 Å². The van der Waals surface area contributed by atoms with Gasteiger partial charge in [0.15, 0.2) is 0 Å². The van der Waals surface area contributed by atoms with Gasteiger partial charge in [-0.2, -0.15) is 0 Å². The molecule has 16 heavy (non-hydrogen) atoms. The first-order valence-electron chi connectivity index (χ1n) is 6.14. The maximum absolute atomic E-state index is 5.79. The lowest BCUT2D eigenvalue weighted by Crippen LogP contribution is -2.11. The first-order valence-corrected chi connectivity index (χ1v) is 6.94. The van der Waals surface area contributed by atoms with E-state index in [2.05, 4.69) is 29.8 Å². The number of ether oxygens (including phenoxy) is 1. The van der Waals surface area contributed by atoms with Crippen molar-refractivity contribution in [1.29, 1.82) is 0 Å². The summed E-state index contributed by atoms with van der Waals surface area (Å²) >= 11 is 3.42. The van der Waals surface area contributed by atoms with Crippen LogP contribution in [0.4, 0.5) is 0 Å². The summed E-state index contributed by atoms with van der Waals surface area (Å²) in [4.78, 5) is 0. The third kappa shape index (κ3) is 5.02. The summed E-state index contributed by atoms with van der Waals surface area (Å²) in [6.07, 6.45) is 5.07. The zero-order chi connectivity index (χ0) is 11.8. The zero-order valence-corrected chi connectivity index (χ0v) is 11.8. The number of benzene rings is 1. The minimum Gasteiger partial charge on any atom is -0.493 e. The van der Waals surface area contributed by atoms with Crippen molar-refractivity contribution in [2.24, 2.45) is 5.92 Å². The molecule has 1 aromatic rings. The summed E-state index contributed by atoms with van der Waals surface area (Å²) < 4.78 is 6.89. The maximum atomic E-state index is 5.79. The normalized spacial score (nSPS) is 12.4. The summed E-state index contributed by atoms with van der Waals surface area (Å²) in [5.41, 5.74) is 0. The van der Waals surface area contributed by atoms with Gasteiger partial charge in [-0.05, 0) is 36.6 Å². The number of hydrogen-bond donors (Lipinski definition) is 0. The van der Waals surface area contributed by atoms with Gasteiger partial charge >= 0.3 is 0 Å². The molecule has 0 saturated carbocycles. The Bertz CT molecular complexity index is 281. The topological polar surface area (TPSA) is 9.23 Å². The van der Waals surface area contributed by atoms with Crippen molar-refractivity contribution in [1.82, 2.24) is 0 Å². The molecule has 0 saturated heterocycles. The van der Waals surface area contributed by atoms with Crippen LogP contribution in [-0.2, 0) is 0 Å². The lowest BCUT2D eigenvalue weighted by atomic mass is 10.0. The molecular formula is C14H21BrO. The highest BCUT2D eigenvalue weighted by Gasteiger charge is 2.06. The molecule has 0 amide bonds. The van der Waals surface area contributed by atoms with Gasteiger partial charge in [-0.15, -0.1) is 0 Å². The minimum atomic E-state index is 0.698. The van der Waals surface area contributed by atoms with Gasteiger partial charge in [0.25, 0.3) is 0 Å². The summed E-state index contributed by atoms with van der Waals surface area (Å²) in [6, 6.07) is 8.05. The molecule has 1 nitrogen and oxygen atoms in total. The fourth-order valence-electron chi connectivity index (χ4n) is 1.64. The van der Waals surface area contributed by atoms with Crippen LogP contribution in [0.25, 0.3) is 0 Å². The van der Waals surface area contributed by atoms with Crippen molar-refractivity contribution in [2.75, 3.05) is 6.61 Å². The molecule has 0 fully saturated rings. The predicted octanol–water partition coefficient (Wildman–Crippen LogP) is 5.04. The average molecular weight is 285 g/mol. The number of halogens is 1. The van der Waals surface area contributed by atoms with E-state index in [4.69, 9.17) is 4.74 Å². The largest absolute Gasteiger partial charge is 0.493 e. The van der Waals surface area contributed by atoms with Crippen LogP contribution in [0.5, 0.6) is 5.75 Å². The van der Waals surface area contributed by atoms with Crippen LogP contribution in [0.15, 0.2) is 28.7 Å². The number of rotatable bonds is 7. The Hall–Kier alpha value is -0.500. The second-order valence-electron chi connectivity index (χ2n) is 4.18. The van der Waals surface area contributed by atoms with Gasteiger partial charge in [0.05, 0.1) is 6.61 Å². The fourth-order valence-corrected chi connectivity index (χ4v) is 1.91. The molecule has 0 aliphatic rings. The minimum absolute atomic E-state index is 0.698. The highest BCUT2D eigenvalue weighted by atomic mass is 79.9. The molecule has 0 N–H and O–H groups in total. The molecule has 0 aliphatic heterocycles. The molecule has 0 bridgehead atoms. The quantitative estimate of drug-likeness (QED) is 0.681. The van der Waals surface area contributed by atoms with Crippen molar-refractivity contribution < 1.29 is 4.74 Å². The molecule has 0 radical (unpaired) electrons. The van der Waals surface area contributed by atoms with Crippen LogP contribution >= 0.6 is 15.9 Å². The van der Waals surface area contributed by atoms with E-state index in [9.17, 15) is 0 Å².